The number of aromatic nitrogens is 2. The van der Waals surface area contributed by atoms with Crippen LogP contribution in [0.1, 0.15) is 21.6 Å². The van der Waals surface area contributed by atoms with Crippen LogP contribution in [0.4, 0.5) is 5.69 Å². The summed E-state index contributed by atoms with van der Waals surface area (Å²) < 4.78 is 6.29. The standard InChI is InChI=1S/C30H22N6O3/c1-39-22-14-12-21(13-15-22)36-30(38)26-24(16-23(25(17-31)27(26)32)20-10-6-3-7-11-20)28(35-36)29(37)34-33-18-19-8-4-2-5-9-19/h2-16,18H,32H2,1H3,(H,34,37)/b33-18+. The molecule has 0 radical (unpaired) electrons. The number of nitrogens with two attached hydrogens (primary N) is 1. The highest BCUT2D eigenvalue weighted by molar-refractivity contribution is 6.10. The summed E-state index contributed by atoms with van der Waals surface area (Å²) in [6.45, 7) is 0. The van der Waals surface area contributed by atoms with E-state index in [1.165, 1.54) is 13.3 Å². The predicted octanol–water partition coefficient (Wildman–Crippen LogP) is 4.28. The molecule has 1 aromatic heterocycles. The van der Waals surface area contributed by atoms with Crippen LogP contribution in [0.5, 0.6) is 5.75 Å². The molecule has 9 heteroatoms. The average molecular weight is 515 g/mol. The molecule has 0 aliphatic heterocycles. The van der Waals surface area contributed by atoms with Gasteiger partial charge in [-0.25, -0.2) is 5.43 Å². The summed E-state index contributed by atoms with van der Waals surface area (Å²) in [6.07, 6.45) is 1.50. The van der Waals surface area contributed by atoms with Crippen molar-refractivity contribution < 1.29 is 9.53 Å². The van der Waals surface area contributed by atoms with Crippen LogP contribution in [0.2, 0.25) is 0 Å². The zero-order valence-corrected chi connectivity index (χ0v) is 20.8. The minimum Gasteiger partial charge on any atom is -0.497 e. The minimum absolute atomic E-state index is 0.00855. The molecule has 0 fully saturated rings. The minimum atomic E-state index is -0.655. The Balaban J connectivity index is 1.74. The number of rotatable bonds is 6. The van der Waals surface area contributed by atoms with Crippen molar-refractivity contribution in [2.24, 2.45) is 5.10 Å². The van der Waals surface area contributed by atoms with Gasteiger partial charge in [-0.3, -0.25) is 9.59 Å². The van der Waals surface area contributed by atoms with Gasteiger partial charge >= 0.3 is 0 Å². The monoisotopic (exact) mass is 514 g/mol. The van der Waals surface area contributed by atoms with E-state index in [4.69, 9.17) is 10.5 Å². The number of fused-ring (bicyclic) bond motifs is 1. The second kappa shape index (κ2) is 10.7. The fourth-order valence-electron chi connectivity index (χ4n) is 4.22. The number of carbonyl (C=O) groups is 1. The largest absolute Gasteiger partial charge is 0.497 e. The van der Waals surface area contributed by atoms with Crippen molar-refractivity contribution in [2.45, 2.75) is 0 Å². The van der Waals surface area contributed by atoms with Gasteiger partial charge in [0.25, 0.3) is 11.5 Å². The molecule has 0 spiro atoms. The first-order valence-electron chi connectivity index (χ1n) is 11.9. The zero-order valence-electron chi connectivity index (χ0n) is 20.8. The Morgan fingerprint density at radius 3 is 2.36 bits per heavy atom. The van der Waals surface area contributed by atoms with Gasteiger partial charge in [-0.15, -0.1) is 0 Å². The number of methoxy groups -OCH3 is 1. The van der Waals surface area contributed by atoms with Crippen molar-refractivity contribution in [3.63, 3.8) is 0 Å². The Bertz CT molecular complexity index is 1810. The van der Waals surface area contributed by atoms with Crippen molar-refractivity contribution in [2.75, 3.05) is 12.8 Å². The van der Waals surface area contributed by atoms with Crippen molar-refractivity contribution in [1.29, 1.82) is 5.26 Å². The number of nitriles is 1. The lowest BCUT2D eigenvalue weighted by atomic mass is 9.94. The molecular weight excluding hydrogens is 492 g/mol. The van der Waals surface area contributed by atoms with Gasteiger partial charge in [0.05, 0.1) is 35.6 Å². The average Bonchev–Trinajstić information content (AvgIpc) is 2.98. The summed E-state index contributed by atoms with van der Waals surface area (Å²) in [5, 5.41) is 18.7. The molecule has 0 aliphatic carbocycles. The van der Waals surface area contributed by atoms with E-state index < -0.39 is 11.5 Å². The third kappa shape index (κ3) is 4.82. The van der Waals surface area contributed by atoms with Gasteiger partial charge in [0, 0.05) is 10.9 Å². The maximum absolute atomic E-state index is 13.7. The van der Waals surface area contributed by atoms with Crippen LogP contribution in [-0.2, 0) is 0 Å². The molecule has 5 rings (SSSR count). The smallest absolute Gasteiger partial charge is 0.292 e. The van der Waals surface area contributed by atoms with E-state index in [0.717, 1.165) is 10.2 Å². The number of amides is 1. The highest BCUT2D eigenvalue weighted by Crippen LogP contribution is 2.34. The lowest BCUT2D eigenvalue weighted by Crippen LogP contribution is -2.29. The van der Waals surface area contributed by atoms with Gasteiger partial charge in [0.1, 0.15) is 11.8 Å². The predicted molar refractivity (Wildman–Crippen MR) is 150 cm³/mol. The normalized spacial score (nSPS) is 10.9. The Kier molecular flexibility index (Phi) is 6.84. The number of nitrogens with zero attached hydrogens (tertiary/aromatic N) is 4. The Labute approximate surface area is 223 Å². The van der Waals surface area contributed by atoms with Gasteiger partial charge in [0.2, 0.25) is 0 Å². The SMILES string of the molecule is COc1ccc(-n2nc(C(=O)N/N=C/c3ccccc3)c3cc(-c4ccccc4)c(C#N)c(N)c3c2=O)cc1. The first-order valence-corrected chi connectivity index (χ1v) is 11.9. The summed E-state index contributed by atoms with van der Waals surface area (Å²) in [5.74, 6) is -0.0721. The summed E-state index contributed by atoms with van der Waals surface area (Å²) in [4.78, 5) is 27.1. The maximum atomic E-state index is 13.7. The number of nitrogens with one attached hydrogen (secondary N) is 1. The molecule has 1 heterocycles. The molecule has 0 bridgehead atoms. The van der Waals surface area contributed by atoms with Gasteiger partial charge in [-0.1, -0.05) is 60.7 Å². The number of ether oxygens (including phenoxy) is 1. The number of anilines is 1. The van der Waals surface area contributed by atoms with E-state index in [1.54, 1.807) is 30.3 Å². The molecule has 0 unspecified atom stereocenters. The molecule has 5 aromatic rings. The topological polar surface area (TPSA) is 135 Å². The van der Waals surface area contributed by atoms with Crippen molar-refractivity contribution in [3.05, 3.63) is 118 Å². The first-order chi connectivity index (χ1) is 19.0. The number of hydrazone groups is 1. The molecule has 1 amide bonds. The Morgan fingerprint density at radius 2 is 1.72 bits per heavy atom. The fraction of sp³-hybridized carbons (Fsp3) is 0.0333. The lowest BCUT2D eigenvalue weighted by molar-refractivity contribution is 0.0950. The summed E-state index contributed by atoms with van der Waals surface area (Å²) in [6, 6.07) is 28.7. The highest BCUT2D eigenvalue weighted by Gasteiger charge is 2.23. The van der Waals surface area contributed by atoms with E-state index in [-0.39, 0.29) is 27.7 Å². The fourth-order valence-corrected chi connectivity index (χ4v) is 4.22. The summed E-state index contributed by atoms with van der Waals surface area (Å²) >= 11 is 0. The van der Waals surface area contributed by atoms with Crippen LogP contribution in [0, 0.1) is 11.3 Å². The Hall–Kier alpha value is -5.75. The number of hydrogen-bond acceptors (Lipinski definition) is 7. The van der Waals surface area contributed by atoms with Crippen LogP contribution in [0.25, 0.3) is 27.6 Å². The molecule has 0 saturated heterocycles. The molecule has 190 valence electrons. The number of carbonyl (C=O) groups excluding carboxylic acids is 1. The Morgan fingerprint density at radius 1 is 1.05 bits per heavy atom. The molecular formula is C30H22N6O3. The molecule has 9 nitrogen and oxygen atoms in total. The van der Waals surface area contributed by atoms with E-state index in [0.29, 0.717) is 22.6 Å². The van der Waals surface area contributed by atoms with Gasteiger partial charge in [-0.2, -0.15) is 20.1 Å². The maximum Gasteiger partial charge on any atom is 0.292 e. The third-order valence-corrected chi connectivity index (χ3v) is 6.14. The second-order valence-electron chi connectivity index (χ2n) is 8.49. The van der Waals surface area contributed by atoms with Crippen molar-refractivity contribution in [3.8, 4) is 28.6 Å². The van der Waals surface area contributed by atoms with Gasteiger partial charge in [-0.05, 0) is 41.5 Å². The van der Waals surface area contributed by atoms with E-state index in [9.17, 15) is 14.9 Å². The van der Waals surface area contributed by atoms with E-state index >= 15 is 0 Å². The molecule has 4 aromatic carbocycles. The molecule has 3 N–H and O–H groups in total. The van der Waals surface area contributed by atoms with E-state index in [1.807, 2.05) is 60.7 Å². The van der Waals surface area contributed by atoms with Crippen LogP contribution in [-0.4, -0.2) is 29.0 Å². The highest BCUT2D eigenvalue weighted by atomic mass is 16.5. The van der Waals surface area contributed by atoms with Gasteiger partial charge in [0.15, 0.2) is 5.69 Å². The summed E-state index contributed by atoms with van der Waals surface area (Å²) in [5.41, 5.74) is 10.7. The second-order valence-corrected chi connectivity index (χ2v) is 8.49. The summed E-state index contributed by atoms with van der Waals surface area (Å²) in [7, 11) is 1.53. The molecule has 39 heavy (non-hydrogen) atoms. The quantitative estimate of drug-likeness (QED) is 0.197. The first kappa shape index (κ1) is 24.9. The number of nitrogen functional groups attached to an aromatic ring is 1. The third-order valence-electron chi connectivity index (χ3n) is 6.14. The number of hydrogen-bond donors (Lipinski definition) is 2. The van der Waals surface area contributed by atoms with Gasteiger partial charge < -0.3 is 10.5 Å². The van der Waals surface area contributed by atoms with Crippen LogP contribution >= 0.6 is 0 Å². The molecule has 0 atom stereocenters. The van der Waals surface area contributed by atoms with Crippen LogP contribution in [0.15, 0.2) is 101 Å². The zero-order chi connectivity index (χ0) is 27.4. The van der Waals surface area contributed by atoms with Crippen molar-refractivity contribution in [1.82, 2.24) is 15.2 Å². The van der Waals surface area contributed by atoms with Crippen LogP contribution < -0.4 is 21.5 Å². The molecule has 0 saturated carbocycles. The van der Waals surface area contributed by atoms with E-state index in [2.05, 4.69) is 21.7 Å². The number of benzene rings is 4. The molecule has 0 aliphatic rings. The van der Waals surface area contributed by atoms with Crippen LogP contribution in [0.3, 0.4) is 0 Å². The lowest BCUT2D eigenvalue weighted by Gasteiger charge is -2.15. The van der Waals surface area contributed by atoms with Crippen molar-refractivity contribution >= 4 is 28.6 Å².